The Kier molecular flexibility index (Phi) is 9.30. The third kappa shape index (κ3) is 6.53. The molecule has 0 aliphatic heterocycles. The molecular formula is C27H31Cl2N3O3. The number of Topliss-reactive ketones (excluding diaryl/α,β-unsaturated/α-hetero) is 1. The maximum atomic E-state index is 11.6. The average Bonchev–Trinajstić information content (AvgIpc) is 3.23. The van der Waals surface area contributed by atoms with E-state index in [4.69, 9.17) is 21.7 Å². The largest absolute Gasteiger partial charge is 0.478 e. The lowest BCUT2D eigenvalue weighted by molar-refractivity contribution is -0.108. The van der Waals surface area contributed by atoms with Crippen LogP contribution >= 0.6 is 24.0 Å². The van der Waals surface area contributed by atoms with Gasteiger partial charge < -0.3 is 13.9 Å². The summed E-state index contributed by atoms with van der Waals surface area (Å²) in [5.74, 6) is -0.324. The maximum absolute atomic E-state index is 11.6. The zero-order valence-electron chi connectivity index (χ0n) is 20.8. The number of carbonyl (C=O) groups excluding carboxylic acids is 2. The summed E-state index contributed by atoms with van der Waals surface area (Å²) in [6.07, 6.45) is 4.34. The second kappa shape index (κ2) is 11.6. The van der Waals surface area contributed by atoms with Gasteiger partial charge in [0.05, 0.1) is 18.1 Å². The first kappa shape index (κ1) is 28.1. The van der Waals surface area contributed by atoms with Crippen LogP contribution in [0.25, 0.3) is 21.8 Å². The van der Waals surface area contributed by atoms with E-state index in [1.165, 1.54) is 16.5 Å². The van der Waals surface area contributed by atoms with Crippen LogP contribution < -0.4 is 0 Å². The number of ketones is 1. The molecule has 6 nitrogen and oxygen atoms in total. The number of hydrogen-bond donors (Lipinski definition) is 1. The Morgan fingerprint density at radius 2 is 1.54 bits per heavy atom. The van der Waals surface area contributed by atoms with Crippen molar-refractivity contribution in [2.24, 2.45) is 14.1 Å². The number of fused-ring (bicyclic) bond motifs is 2. The number of aryl methyl sites for hydroxylation is 4. The highest BCUT2D eigenvalue weighted by Gasteiger charge is 2.19. The van der Waals surface area contributed by atoms with Crippen molar-refractivity contribution in [3.63, 3.8) is 0 Å². The highest BCUT2D eigenvalue weighted by atomic mass is 35.5. The number of nitrogens with zero attached hydrogens (tertiary/aromatic N) is 2. The quantitative estimate of drug-likeness (QED) is 0.111. The van der Waals surface area contributed by atoms with E-state index in [9.17, 15) is 9.59 Å². The van der Waals surface area contributed by atoms with E-state index in [0.717, 1.165) is 22.0 Å². The van der Waals surface area contributed by atoms with E-state index in [1.54, 1.807) is 6.20 Å². The first-order valence-electron chi connectivity index (χ1n) is 11.1. The lowest BCUT2D eigenvalue weighted by Crippen LogP contribution is -2.12. The van der Waals surface area contributed by atoms with Crippen LogP contribution in [-0.4, -0.2) is 32.2 Å². The van der Waals surface area contributed by atoms with Gasteiger partial charge in [0, 0.05) is 48.3 Å². The molecule has 4 aromatic rings. The van der Waals surface area contributed by atoms with Gasteiger partial charge in [0.2, 0.25) is 5.78 Å². The van der Waals surface area contributed by atoms with Gasteiger partial charge in [0.25, 0.3) is 5.24 Å². The van der Waals surface area contributed by atoms with Crippen molar-refractivity contribution >= 4 is 62.7 Å². The average molecular weight is 516 g/mol. The zero-order valence-corrected chi connectivity index (χ0v) is 22.4. The van der Waals surface area contributed by atoms with Gasteiger partial charge in [-0.05, 0) is 68.6 Å². The number of halogens is 2. The standard InChI is InChI=1S/C15H20N2O.C12H10ClNO2.ClH/c1-10(2)18-15(16)8-12-9-17(4)14-6-5-11(3)7-13(12)14;1-7-3-4-8-9(11(15)12(13)16)6-14(2)10(8)5-7;/h5-7,9-10,16H,8H2,1-4H3;3-6H,1-2H3;1H. The number of aromatic nitrogens is 2. The van der Waals surface area contributed by atoms with E-state index in [1.807, 2.05) is 57.6 Å². The van der Waals surface area contributed by atoms with Gasteiger partial charge in [-0.1, -0.05) is 23.8 Å². The van der Waals surface area contributed by atoms with Crippen LogP contribution in [0.15, 0.2) is 48.8 Å². The van der Waals surface area contributed by atoms with Crippen LogP contribution in [0.1, 0.15) is 40.9 Å². The van der Waals surface area contributed by atoms with Crippen molar-refractivity contribution in [3.05, 3.63) is 71.0 Å². The van der Waals surface area contributed by atoms with Crippen molar-refractivity contribution in [3.8, 4) is 0 Å². The van der Waals surface area contributed by atoms with E-state index in [-0.39, 0.29) is 18.5 Å². The molecule has 0 spiro atoms. The summed E-state index contributed by atoms with van der Waals surface area (Å²) < 4.78 is 9.34. The fourth-order valence-electron chi connectivity index (χ4n) is 4.01. The molecule has 1 N–H and O–H groups in total. The number of hydrogen-bond acceptors (Lipinski definition) is 4. The van der Waals surface area contributed by atoms with Crippen molar-refractivity contribution in [1.29, 1.82) is 5.41 Å². The van der Waals surface area contributed by atoms with Crippen LogP contribution in [0, 0.1) is 19.3 Å². The molecule has 0 fully saturated rings. The Labute approximate surface area is 216 Å². The molecule has 0 bridgehead atoms. The molecule has 0 radical (unpaired) electrons. The monoisotopic (exact) mass is 515 g/mol. The molecule has 2 aromatic carbocycles. The molecule has 0 unspecified atom stereocenters. The first-order chi connectivity index (χ1) is 16.0. The minimum atomic E-state index is -0.951. The number of nitrogens with one attached hydrogen (secondary N) is 1. The van der Waals surface area contributed by atoms with Crippen LogP contribution in [0.3, 0.4) is 0 Å². The van der Waals surface area contributed by atoms with E-state index in [0.29, 0.717) is 17.9 Å². The smallest absolute Gasteiger partial charge is 0.293 e. The second-order valence-corrected chi connectivity index (χ2v) is 9.17. The molecule has 0 amide bonds. The predicted molar refractivity (Wildman–Crippen MR) is 145 cm³/mol. The molecule has 8 heteroatoms. The molecule has 186 valence electrons. The number of carbonyl (C=O) groups is 2. The summed E-state index contributed by atoms with van der Waals surface area (Å²) in [4.78, 5) is 22.4. The summed E-state index contributed by atoms with van der Waals surface area (Å²) in [5, 5.41) is 8.89. The summed E-state index contributed by atoms with van der Waals surface area (Å²) >= 11 is 5.21. The SMILES string of the molecule is Cc1ccc2c(C(=O)C(=O)Cl)cn(C)c2c1.Cc1ccc2c(c1)c(CC(=N)OC(C)C)cn2C.Cl. The Bertz CT molecular complexity index is 1400. The van der Waals surface area contributed by atoms with Gasteiger partial charge in [-0.15, -0.1) is 12.4 Å². The van der Waals surface area contributed by atoms with Gasteiger partial charge in [-0.3, -0.25) is 15.0 Å². The first-order valence-corrected chi connectivity index (χ1v) is 11.4. The van der Waals surface area contributed by atoms with Crippen LogP contribution in [0.5, 0.6) is 0 Å². The summed E-state index contributed by atoms with van der Waals surface area (Å²) in [7, 11) is 3.87. The fraction of sp³-hybridized carbons (Fsp3) is 0.296. The van der Waals surface area contributed by atoms with E-state index in [2.05, 4.69) is 35.9 Å². The fourth-order valence-corrected chi connectivity index (χ4v) is 4.11. The Morgan fingerprint density at radius 3 is 2.17 bits per heavy atom. The van der Waals surface area contributed by atoms with Crippen LogP contribution in [-0.2, 0) is 30.0 Å². The van der Waals surface area contributed by atoms with Crippen molar-refractivity contribution in [2.45, 2.75) is 40.2 Å². The molecular weight excluding hydrogens is 485 g/mol. The molecule has 2 aromatic heterocycles. The summed E-state index contributed by atoms with van der Waals surface area (Å²) in [6, 6.07) is 12.1. The minimum absolute atomic E-state index is 0. The van der Waals surface area contributed by atoms with E-state index < -0.39 is 11.0 Å². The molecule has 35 heavy (non-hydrogen) atoms. The molecule has 0 aliphatic rings. The number of ether oxygens (including phenoxy) is 1. The Balaban J connectivity index is 0.000000241. The molecule has 0 atom stereocenters. The van der Waals surface area contributed by atoms with Crippen LogP contribution in [0.4, 0.5) is 0 Å². The van der Waals surface area contributed by atoms with Gasteiger partial charge in [0.1, 0.15) is 0 Å². The highest BCUT2D eigenvalue weighted by molar-refractivity contribution is 6.83. The summed E-state index contributed by atoms with van der Waals surface area (Å²) in [5.41, 5.74) is 5.98. The second-order valence-electron chi connectivity index (χ2n) is 8.83. The maximum Gasteiger partial charge on any atom is 0.293 e. The highest BCUT2D eigenvalue weighted by Crippen LogP contribution is 2.24. The lowest BCUT2D eigenvalue weighted by atomic mass is 10.1. The van der Waals surface area contributed by atoms with E-state index >= 15 is 0 Å². The number of rotatable bonds is 5. The predicted octanol–water partition coefficient (Wildman–Crippen LogP) is 6.29. The molecule has 2 heterocycles. The Morgan fingerprint density at radius 1 is 0.943 bits per heavy atom. The topological polar surface area (TPSA) is 77.1 Å². The molecule has 0 aliphatic carbocycles. The minimum Gasteiger partial charge on any atom is -0.478 e. The van der Waals surface area contributed by atoms with Crippen molar-refractivity contribution < 1.29 is 14.3 Å². The van der Waals surface area contributed by atoms with Crippen molar-refractivity contribution in [2.75, 3.05) is 0 Å². The zero-order chi connectivity index (χ0) is 25.2. The van der Waals surface area contributed by atoms with Gasteiger partial charge >= 0.3 is 0 Å². The third-order valence-electron chi connectivity index (χ3n) is 5.53. The van der Waals surface area contributed by atoms with Crippen molar-refractivity contribution in [1.82, 2.24) is 9.13 Å². The van der Waals surface area contributed by atoms with Crippen LogP contribution in [0.2, 0.25) is 0 Å². The van der Waals surface area contributed by atoms with Gasteiger partial charge in [-0.2, -0.15) is 0 Å². The molecule has 0 saturated heterocycles. The number of benzene rings is 2. The van der Waals surface area contributed by atoms with Gasteiger partial charge in [-0.25, -0.2) is 0 Å². The molecule has 4 rings (SSSR count). The van der Waals surface area contributed by atoms with Gasteiger partial charge in [0.15, 0.2) is 5.90 Å². The summed E-state index contributed by atoms with van der Waals surface area (Å²) in [6.45, 7) is 7.95. The Hall–Kier alpha value is -3.09. The third-order valence-corrected chi connectivity index (χ3v) is 5.70. The molecule has 0 saturated carbocycles. The lowest BCUT2D eigenvalue weighted by Gasteiger charge is -2.09. The normalized spacial score (nSPS) is 10.6.